The highest BCUT2D eigenvalue weighted by molar-refractivity contribution is 6.32. The van der Waals surface area contributed by atoms with Gasteiger partial charge in [-0.15, -0.1) is 0 Å². The van der Waals surface area contributed by atoms with E-state index in [-0.39, 0.29) is 24.5 Å². The first-order valence-electron chi connectivity index (χ1n) is 9.43. The molecule has 2 amide bonds. The van der Waals surface area contributed by atoms with Gasteiger partial charge < -0.3 is 15.0 Å². The predicted octanol–water partition coefficient (Wildman–Crippen LogP) is 4.05. The van der Waals surface area contributed by atoms with Gasteiger partial charge in [0, 0.05) is 12.6 Å². The summed E-state index contributed by atoms with van der Waals surface area (Å²) in [6.07, 6.45) is 0.820. The van der Waals surface area contributed by atoms with Crippen molar-refractivity contribution in [2.75, 3.05) is 6.61 Å². The van der Waals surface area contributed by atoms with Crippen LogP contribution in [0.2, 0.25) is 5.02 Å². The number of carbonyl (C=O) groups excluding carboxylic acids is 2. The van der Waals surface area contributed by atoms with Gasteiger partial charge in [-0.2, -0.15) is 0 Å². The molecule has 2 aromatic carbocycles. The Hall–Kier alpha value is -2.53. The number of nitrogens with zero attached hydrogens (tertiary/aromatic N) is 1. The van der Waals surface area contributed by atoms with Crippen LogP contribution in [0.4, 0.5) is 0 Å². The Labute approximate surface area is 171 Å². The summed E-state index contributed by atoms with van der Waals surface area (Å²) >= 11 is 6.09. The molecule has 0 fully saturated rings. The minimum Gasteiger partial charge on any atom is -0.482 e. The standard InChI is InChI=1S/C22H27ClN2O3/c1-4-16(2)24-22(27)17(3)25(14-18-10-6-5-7-11-18)21(26)15-28-20-13-9-8-12-19(20)23/h5-13,16-17H,4,14-15H2,1-3H3,(H,24,27)/t16-,17+/m0/s1. The average Bonchev–Trinajstić information content (AvgIpc) is 2.71. The van der Waals surface area contributed by atoms with Crippen LogP contribution in [-0.2, 0) is 16.1 Å². The van der Waals surface area contributed by atoms with Gasteiger partial charge in [-0.25, -0.2) is 0 Å². The first kappa shape index (κ1) is 21.8. The molecule has 6 heteroatoms. The van der Waals surface area contributed by atoms with Gasteiger partial charge in [0.1, 0.15) is 11.8 Å². The minimum atomic E-state index is -0.628. The van der Waals surface area contributed by atoms with Crippen molar-refractivity contribution in [2.24, 2.45) is 0 Å². The second-order valence-corrected chi connectivity index (χ2v) is 7.13. The van der Waals surface area contributed by atoms with Crippen molar-refractivity contribution in [3.63, 3.8) is 0 Å². The van der Waals surface area contributed by atoms with E-state index in [9.17, 15) is 9.59 Å². The molecule has 2 atom stereocenters. The predicted molar refractivity (Wildman–Crippen MR) is 111 cm³/mol. The van der Waals surface area contributed by atoms with Crippen molar-refractivity contribution in [3.05, 3.63) is 65.2 Å². The molecule has 0 bridgehead atoms. The molecule has 5 nitrogen and oxygen atoms in total. The van der Waals surface area contributed by atoms with Gasteiger partial charge in [-0.05, 0) is 38.0 Å². The number of nitrogens with one attached hydrogen (secondary N) is 1. The lowest BCUT2D eigenvalue weighted by Gasteiger charge is -2.29. The van der Waals surface area contributed by atoms with Crippen LogP contribution < -0.4 is 10.1 Å². The van der Waals surface area contributed by atoms with Gasteiger partial charge in [0.2, 0.25) is 5.91 Å². The van der Waals surface area contributed by atoms with E-state index in [1.165, 1.54) is 4.90 Å². The summed E-state index contributed by atoms with van der Waals surface area (Å²) in [7, 11) is 0. The lowest BCUT2D eigenvalue weighted by atomic mass is 10.1. The summed E-state index contributed by atoms with van der Waals surface area (Å²) in [5.41, 5.74) is 0.941. The summed E-state index contributed by atoms with van der Waals surface area (Å²) in [6.45, 7) is 5.79. The van der Waals surface area contributed by atoms with Crippen LogP contribution in [0.3, 0.4) is 0 Å². The van der Waals surface area contributed by atoms with E-state index in [0.717, 1.165) is 12.0 Å². The summed E-state index contributed by atoms with van der Waals surface area (Å²) < 4.78 is 5.59. The molecular weight excluding hydrogens is 376 g/mol. The molecule has 0 aliphatic heterocycles. The third-order valence-corrected chi connectivity index (χ3v) is 4.86. The number of para-hydroxylation sites is 1. The minimum absolute atomic E-state index is 0.0444. The molecule has 0 aliphatic rings. The van der Waals surface area contributed by atoms with Crippen LogP contribution in [0.15, 0.2) is 54.6 Å². The molecule has 0 aliphatic carbocycles. The molecule has 0 unspecified atom stereocenters. The number of carbonyl (C=O) groups is 2. The normalized spacial score (nSPS) is 12.7. The zero-order chi connectivity index (χ0) is 20.5. The maximum absolute atomic E-state index is 12.9. The second kappa shape index (κ2) is 10.7. The molecule has 0 aromatic heterocycles. The van der Waals surface area contributed by atoms with E-state index in [4.69, 9.17) is 16.3 Å². The Bertz CT molecular complexity index is 782. The van der Waals surface area contributed by atoms with E-state index < -0.39 is 6.04 Å². The molecule has 28 heavy (non-hydrogen) atoms. The van der Waals surface area contributed by atoms with Crippen LogP contribution in [0.25, 0.3) is 0 Å². The van der Waals surface area contributed by atoms with Crippen molar-refractivity contribution in [1.82, 2.24) is 10.2 Å². The molecule has 0 spiro atoms. The highest BCUT2D eigenvalue weighted by Gasteiger charge is 2.27. The highest BCUT2D eigenvalue weighted by atomic mass is 35.5. The van der Waals surface area contributed by atoms with Crippen molar-refractivity contribution in [3.8, 4) is 5.75 Å². The van der Waals surface area contributed by atoms with Crippen LogP contribution in [0.5, 0.6) is 5.75 Å². The SMILES string of the molecule is CC[C@H](C)NC(=O)[C@@H](C)N(Cc1ccccc1)C(=O)COc1ccccc1Cl. The summed E-state index contributed by atoms with van der Waals surface area (Å²) in [5, 5.41) is 3.38. The zero-order valence-corrected chi connectivity index (χ0v) is 17.3. The molecule has 0 heterocycles. The Kier molecular flexibility index (Phi) is 8.33. The van der Waals surface area contributed by atoms with Crippen molar-refractivity contribution >= 4 is 23.4 Å². The van der Waals surface area contributed by atoms with Crippen molar-refractivity contribution < 1.29 is 14.3 Å². The van der Waals surface area contributed by atoms with Gasteiger partial charge in [0.15, 0.2) is 6.61 Å². The topological polar surface area (TPSA) is 58.6 Å². The molecule has 150 valence electrons. The number of hydrogen-bond donors (Lipinski definition) is 1. The van der Waals surface area contributed by atoms with Crippen LogP contribution in [-0.4, -0.2) is 35.4 Å². The van der Waals surface area contributed by atoms with E-state index in [1.807, 2.05) is 44.2 Å². The van der Waals surface area contributed by atoms with E-state index >= 15 is 0 Å². The maximum atomic E-state index is 12.9. The largest absolute Gasteiger partial charge is 0.482 e. The quantitative estimate of drug-likeness (QED) is 0.688. The number of halogens is 1. The van der Waals surface area contributed by atoms with E-state index in [2.05, 4.69) is 5.32 Å². The summed E-state index contributed by atoms with van der Waals surface area (Å²) in [6, 6.07) is 16.0. The Morgan fingerprint density at radius 1 is 1.07 bits per heavy atom. The number of rotatable bonds is 9. The van der Waals surface area contributed by atoms with Gasteiger partial charge in [-0.1, -0.05) is 61.0 Å². The number of hydrogen-bond acceptors (Lipinski definition) is 3. The van der Waals surface area contributed by atoms with Crippen LogP contribution >= 0.6 is 11.6 Å². The van der Waals surface area contributed by atoms with E-state index in [1.54, 1.807) is 31.2 Å². The van der Waals surface area contributed by atoms with Gasteiger partial charge >= 0.3 is 0 Å². The summed E-state index contributed by atoms with van der Waals surface area (Å²) in [5.74, 6) is -0.0270. The fourth-order valence-electron chi connectivity index (χ4n) is 2.61. The molecule has 1 N–H and O–H groups in total. The monoisotopic (exact) mass is 402 g/mol. The lowest BCUT2D eigenvalue weighted by molar-refractivity contribution is -0.142. The molecule has 0 saturated carbocycles. The fraction of sp³-hybridized carbons (Fsp3) is 0.364. The van der Waals surface area contributed by atoms with Crippen LogP contribution in [0, 0.1) is 0 Å². The maximum Gasteiger partial charge on any atom is 0.261 e. The van der Waals surface area contributed by atoms with Crippen LogP contribution in [0.1, 0.15) is 32.8 Å². The summed E-state index contributed by atoms with van der Waals surface area (Å²) in [4.78, 5) is 27.1. The van der Waals surface area contributed by atoms with Gasteiger partial charge in [-0.3, -0.25) is 9.59 Å². The Balaban J connectivity index is 2.13. The molecule has 2 aromatic rings. The molecule has 0 radical (unpaired) electrons. The van der Waals surface area contributed by atoms with Gasteiger partial charge in [0.25, 0.3) is 5.91 Å². The molecular formula is C22H27ClN2O3. The van der Waals surface area contributed by atoms with Crippen molar-refractivity contribution in [1.29, 1.82) is 0 Å². The Morgan fingerprint density at radius 2 is 1.71 bits per heavy atom. The Morgan fingerprint density at radius 3 is 2.36 bits per heavy atom. The first-order valence-corrected chi connectivity index (χ1v) is 9.81. The average molecular weight is 403 g/mol. The molecule has 2 rings (SSSR count). The number of ether oxygens (including phenoxy) is 1. The number of amides is 2. The molecule has 0 saturated heterocycles. The first-order chi connectivity index (χ1) is 13.4. The third-order valence-electron chi connectivity index (χ3n) is 4.55. The smallest absolute Gasteiger partial charge is 0.261 e. The van der Waals surface area contributed by atoms with E-state index in [0.29, 0.717) is 17.3 Å². The highest BCUT2D eigenvalue weighted by Crippen LogP contribution is 2.23. The fourth-order valence-corrected chi connectivity index (χ4v) is 2.80. The lowest BCUT2D eigenvalue weighted by Crippen LogP contribution is -2.50. The third kappa shape index (κ3) is 6.27. The number of benzene rings is 2. The second-order valence-electron chi connectivity index (χ2n) is 6.72. The van der Waals surface area contributed by atoms with Crippen molar-refractivity contribution in [2.45, 2.75) is 45.8 Å². The van der Waals surface area contributed by atoms with Gasteiger partial charge in [0.05, 0.1) is 5.02 Å². The zero-order valence-electron chi connectivity index (χ0n) is 16.5.